The van der Waals surface area contributed by atoms with Crippen LogP contribution in [0, 0.1) is 11.3 Å². The second-order valence-electron chi connectivity index (χ2n) is 5.70. The predicted molar refractivity (Wildman–Crippen MR) is 106 cm³/mol. The summed E-state index contributed by atoms with van der Waals surface area (Å²) in [5.74, 6) is 0.751. The molecule has 0 saturated carbocycles. The van der Waals surface area contributed by atoms with Gasteiger partial charge in [-0.3, -0.25) is 9.69 Å². The smallest absolute Gasteiger partial charge is 0.281 e. The van der Waals surface area contributed by atoms with E-state index in [9.17, 15) is 4.79 Å². The molecule has 27 heavy (non-hydrogen) atoms. The van der Waals surface area contributed by atoms with Crippen LogP contribution in [0.25, 0.3) is 6.08 Å². The van der Waals surface area contributed by atoms with Crippen LogP contribution in [-0.4, -0.2) is 36.7 Å². The third kappa shape index (κ3) is 3.61. The molecule has 7 heteroatoms. The molecule has 0 aliphatic carbocycles. The Balaban J connectivity index is 1.94. The van der Waals surface area contributed by atoms with Crippen LogP contribution >= 0.6 is 12.2 Å². The summed E-state index contributed by atoms with van der Waals surface area (Å²) >= 11 is 5.45. The van der Waals surface area contributed by atoms with Crippen LogP contribution in [0.15, 0.2) is 54.2 Å². The van der Waals surface area contributed by atoms with Gasteiger partial charge in [0.25, 0.3) is 5.91 Å². The van der Waals surface area contributed by atoms with Crippen molar-refractivity contribution in [2.24, 2.45) is 0 Å². The molecule has 136 valence electrons. The molecule has 0 N–H and O–H groups in total. The molecule has 0 bridgehead atoms. The van der Waals surface area contributed by atoms with Crippen LogP contribution in [0.4, 0.5) is 5.69 Å². The van der Waals surface area contributed by atoms with E-state index in [2.05, 4.69) is 0 Å². The SMILES string of the molecule is COc1cc(/C=C2/C(=O)N(c3ccccc3)C(=S)N2C)ccc1OCC#N. The van der Waals surface area contributed by atoms with Gasteiger partial charge in [-0.2, -0.15) is 5.26 Å². The second-order valence-corrected chi connectivity index (χ2v) is 6.07. The topological polar surface area (TPSA) is 65.8 Å². The maximum Gasteiger partial charge on any atom is 0.281 e. The third-order valence-electron chi connectivity index (χ3n) is 4.06. The molecule has 0 unspecified atom stereocenters. The zero-order valence-electron chi connectivity index (χ0n) is 14.9. The Hall–Kier alpha value is -3.37. The van der Waals surface area contributed by atoms with Gasteiger partial charge in [-0.1, -0.05) is 24.3 Å². The Morgan fingerprint density at radius 1 is 1.19 bits per heavy atom. The minimum atomic E-state index is -0.197. The van der Waals surface area contributed by atoms with Gasteiger partial charge in [0.1, 0.15) is 11.8 Å². The number of hydrogen-bond donors (Lipinski definition) is 0. The number of nitriles is 1. The lowest BCUT2D eigenvalue weighted by molar-refractivity contribution is -0.114. The fourth-order valence-electron chi connectivity index (χ4n) is 2.72. The highest BCUT2D eigenvalue weighted by Crippen LogP contribution is 2.31. The van der Waals surface area contributed by atoms with Crippen molar-refractivity contribution in [3.63, 3.8) is 0 Å². The van der Waals surface area contributed by atoms with Gasteiger partial charge < -0.3 is 14.4 Å². The molecule has 6 nitrogen and oxygen atoms in total. The molecule has 1 amide bonds. The number of benzene rings is 2. The first kappa shape index (κ1) is 18.4. The van der Waals surface area contributed by atoms with Gasteiger partial charge in [0.05, 0.1) is 12.8 Å². The van der Waals surface area contributed by atoms with Crippen molar-refractivity contribution in [3.8, 4) is 17.6 Å². The standard InChI is InChI=1S/C20H17N3O3S/c1-22-16(19(24)23(20(22)27)15-6-4-3-5-7-15)12-14-8-9-17(26-11-10-21)18(13-14)25-2/h3-9,12-13H,11H2,1-2H3/b16-12-. The largest absolute Gasteiger partial charge is 0.493 e. The molecule has 2 aromatic rings. The quantitative estimate of drug-likeness (QED) is 0.587. The average Bonchev–Trinajstić information content (AvgIpc) is 2.90. The van der Waals surface area contributed by atoms with Crippen LogP contribution in [0.5, 0.6) is 11.5 Å². The van der Waals surface area contributed by atoms with E-state index in [1.165, 1.54) is 12.0 Å². The molecule has 1 heterocycles. The van der Waals surface area contributed by atoms with E-state index in [0.717, 1.165) is 11.3 Å². The lowest BCUT2D eigenvalue weighted by Gasteiger charge is -2.16. The number of methoxy groups -OCH3 is 1. The minimum absolute atomic E-state index is 0.0711. The summed E-state index contributed by atoms with van der Waals surface area (Å²) in [4.78, 5) is 16.1. The fraction of sp³-hybridized carbons (Fsp3) is 0.150. The van der Waals surface area contributed by atoms with Gasteiger partial charge in [0.15, 0.2) is 23.2 Å². The summed E-state index contributed by atoms with van der Waals surface area (Å²) in [5, 5.41) is 9.07. The number of amides is 1. The van der Waals surface area contributed by atoms with Gasteiger partial charge in [-0.25, -0.2) is 0 Å². The van der Waals surface area contributed by atoms with Crippen LogP contribution in [0.2, 0.25) is 0 Å². The highest BCUT2D eigenvalue weighted by atomic mass is 32.1. The molecule has 0 atom stereocenters. The Morgan fingerprint density at radius 3 is 2.59 bits per heavy atom. The summed E-state index contributed by atoms with van der Waals surface area (Å²) in [6.45, 7) is -0.0711. The summed E-state index contributed by atoms with van der Waals surface area (Å²) in [7, 11) is 3.28. The van der Waals surface area contributed by atoms with Crippen molar-refractivity contribution in [1.29, 1.82) is 5.26 Å². The molecular formula is C20H17N3O3S. The zero-order valence-corrected chi connectivity index (χ0v) is 15.7. The van der Waals surface area contributed by atoms with Crippen LogP contribution in [0.1, 0.15) is 5.56 Å². The van der Waals surface area contributed by atoms with E-state index in [0.29, 0.717) is 22.3 Å². The third-order valence-corrected chi connectivity index (χ3v) is 4.52. The number of rotatable bonds is 5. The number of hydrogen-bond acceptors (Lipinski definition) is 5. The molecule has 1 fully saturated rings. The van der Waals surface area contributed by atoms with E-state index in [1.54, 1.807) is 36.2 Å². The van der Waals surface area contributed by atoms with E-state index < -0.39 is 0 Å². The second kappa shape index (κ2) is 7.89. The zero-order chi connectivity index (χ0) is 19.4. The monoisotopic (exact) mass is 379 g/mol. The molecule has 0 aromatic heterocycles. The molecular weight excluding hydrogens is 362 g/mol. The first-order valence-corrected chi connectivity index (χ1v) is 8.54. The number of carbonyl (C=O) groups is 1. The molecule has 1 aliphatic heterocycles. The maximum absolute atomic E-state index is 12.9. The Labute approximate surface area is 162 Å². The number of nitrogens with zero attached hydrogens (tertiary/aromatic N) is 3. The number of carbonyl (C=O) groups excluding carboxylic acids is 1. The van der Waals surface area contributed by atoms with Gasteiger partial charge in [0, 0.05) is 7.05 Å². The molecule has 0 spiro atoms. The van der Waals surface area contributed by atoms with Gasteiger partial charge in [-0.15, -0.1) is 0 Å². The van der Waals surface area contributed by atoms with Crippen LogP contribution in [-0.2, 0) is 4.79 Å². The molecule has 2 aromatic carbocycles. The summed E-state index contributed by atoms with van der Waals surface area (Å²) in [6.07, 6.45) is 1.74. The highest BCUT2D eigenvalue weighted by Gasteiger charge is 2.36. The molecule has 3 rings (SSSR count). The lowest BCUT2D eigenvalue weighted by atomic mass is 10.1. The normalized spacial score (nSPS) is 15.2. The maximum atomic E-state index is 12.9. The molecule has 1 saturated heterocycles. The number of thiocarbonyl (C=S) groups is 1. The van der Waals surface area contributed by atoms with E-state index in [-0.39, 0.29) is 12.5 Å². The summed E-state index contributed by atoms with van der Waals surface area (Å²) < 4.78 is 10.6. The van der Waals surface area contributed by atoms with Crippen molar-refractivity contribution >= 4 is 35.0 Å². The first-order chi connectivity index (χ1) is 13.1. The van der Waals surface area contributed by atoms with Crippen molar-refractivity contribution in [2.45, 2.75) is 0 Å². The van der Waals surface area contributed by atoms with Gasteiger partial charge >= 0.3 is 0 Å². The van der Waals surface area contributed by atoms with E-state index >= 15 is 0 Å². The Bertz CT molecular complexity index is 951. The Kier molecular flexibility index (Phi) is 5.38. The number of ether oxygens (including phenoxy) is 2. The first-order valence-electron chi connectivity index (χ1n) is 8.13. The number of para-hydroxylation sites is 1. The molecule has 0 radical (unpaired) electrons. The highest BCUT2D eigenvalue weighted by molar-refractivity contribution is 7.80. The van der Waals surface area contributed by atoms with E-state index in [4.69, 9.17) is 27.0 Å². The predicted octanol–water partition coefficient (Wildman–Crippen LogP) is 3.20. The number of likely N-dealkylation sites (N-methyl/N-ethyl adjacent to an activating group) is 1. The van der Waals surface area contributed by atoms with Gasteiger partial charge in [-0.05, 0) is 48.1 Å². The van der Waals surface area contributed by atoms with Crippen LogP contribution < -0.4 is 14.4 Å². The van der Waals surface area contributed by atoms with Crippen molar-refractivity contribution in [1.82, 2.24) is 4.90 Å². The van der Waals surface area contributed by atoms with Crippen molar-refractivity contribution < 1.29 is 14.3 Å². The molecule has 1 aliphatic rings. The summed E-state index contributed by atoms with van der Waals surface area (Å²) in [5.41, 5.74) is 1.93. The van der Waals surface area contributed by atoms with Crippen molar-refractivity contribution in [2.75, 3.05) is 25.7 Å². The fourth-order valence-corrected chi connectivity index (χ4v) is 3.01. The Morgan fingerprint density at radius 2 is 1.93 bits per heavy atom. The van der Waals surface area contributed by atoms with Crippen molar-refractivity contribution in [3.05, 3.63) is 59.8 Å². The summed E-state index contributed by atoms with van der Waals surface area (Å²) in [6, 6.07) is 16.4. The van der Waals surface area contributed by atoms with Gasteiger partial charge in [0.2, 0.25) is 0 Å². The van der Waals surface area contributed by atoms with Crippen LogP contribution in [0.3, 0.4) is 0 Å². The average molecular weight is 379 g/mol. The minimum Gasteiger partial charge on any atom is -0.493 e. The number of anilines is 1. The lowest BCUT2D eigenvalue weighted by Crippen LogP contribution is -2.30. The van der Waals surface area contributed by atoms with E-state index in [1.807, 2.05) is 36.4 Å².